The first-order valence-corrected chi connectivity index (χ1v) is 10.8. The molecule has 5 heteroatoms. The number of piperazine rings is 1. The molecule has 2 amide bonds. The van der Waals surface area contributed by atoms with Crippen molar-refractivity contribution in [3.63, 3.8) is 0 Å². The van der Waals surface area contributed by atoms with Gasteiger partial charge in [0.25, 0.3) is 0 Å². The predicted molar refractivity (Wildman–Crippen MR) is 113 cm³/mol. The second-order valence-electron chi connectivity index (χ2n) is 8.86. The smallest absolute Gasteiger partial charge is 0.242 e. The number of benzene rings is 1. The molecule has 0 radical (unpaired) electrons. The first-order chi connectivity index (χ1) is 13.4. The number of rotatable bonds is 6. The molecule has 1 aliphatic heterocycles. The normalized spacial score (nSPS) is 19.8. The number of carbonyl (C=O) groups is 2. The second-order valence-corrected chi connectivity index (χ2v) is 8.86. The zero-order valence-corrected chi connectivity index (χ0v) is 17.6. The summed E-state index contributed by atoms with van der Waals surface area (Å²) in [5, 5.41) is 3.16. The summed E-state index contributed by atoms with van der Waals surface area (Å²) in [4.78, 5) is 29.9. The first kappa shape index (κ1) is 20.8. The highest BCUT2D eigenvalue weighted by molar-refractivity contribution is 5.95. The van der Waals surface area contributed by atoms with Gasteiger partial charge in [-0.25, -0.2) is 0 Å². The molecule has 1 aromatic rings. The summed E-state index contributed by atoms with van der Waals surface area (Å²) < 4.78 is 0. The van der Waals surface area contributed by atoms with E-state index in [-0.39, 0.29) is 17.9 Å². The van der Waals surface area contributed by atoms with Gasteiger partial charge < -0.3 is 10.2 Å². The number of hydrogen-bond acceptors (Lipinski definition) is 3. The molecule has 3 rings (SSSR count). The van der Waals surface area contributed by atoms with Gasteiger partial charge in [-0.1, -0.05) is 38.8 Å². The molecule has 154 valence electrons. The summed E-state index contributed by atoms with van der Waals surface area (Å²) >= 11 is 0. The Morgan fingerprint density at radius 1 is 1.11 bits per heavy atom. The number of carbonyl (C=O) groups excluding carboxylic acids is 2. The Bertz CT molecular complexity index is 674. The highest BCUT2D eigenvalue weighted by Crippen LogP contribution is 2.31. The Balaban J connectivity index is 1.65. The third-order valence-electron chi connectivity index (χ3n) is 6.04. The fraction of sp³-hybridized carbons (Fsp3) is 0.652. The molecule has 0 bridgehead atoms. The van der Waals surface area contributed by atoms with Crippen molar-refractivity contribution in [3.8, 4) is 0 Å². The van der Waals surface area contributed by atoms with Crippen LogP contribution >= 0.6 is 0 Å². The number of anilines is 1. The summed E-state index contributed by atoms with van der Waals surface area (Å²) in [6.07, 6.45) is 5.29. The molecule has 1 saturated carbocycles. The summed E-state index contributed by atoms with van der Waals surface area (Å²) in [5.41, 5.74) is 2.02. The molecule has 2 aliphatic rings. The number of amides is 2. The van der Waals surface area contributed by atoms with Gasteiger partial charge in [-0.2, -0.15) is 0 Å². The number of nitrogens with zero attached hydrogens (tertiary/aromatic N) is 2. The van der Waals surface area contributed by atoms with Crippen molar-refractivity contribution in [3.05, 3.63) is 29.8 Å². The van der Waals surface area contributed by atoms with Gasteiger partial charge in [-0.3, -0.25) is 14.5 Å². The van der Waals surface area contributed by atoms with E-state index in [1.165, 1.54) is 12.8 Å². The van der Waals surface area contributed by atoms with E-state index >= 15 is 0 Å². The van der Waals surface area contributed by atoms with Gasteiger partial charge in [0, 0.05) is 38.3 Å². The van der Waals surface area contributed by atoms with Gasteiger partial charge in [0.05, 0.1) is 6.04 Å². The van der Waals surface area contributed by atoms with Crippen LogP contribution < -0.4 is 5.32 Å². The average molecular weight is 386 g/mol. The molecule has 2 fully saturated rings. The van der Waals surface area contributed by atoms with Crippen LogP contribution in [0.25, 0.3) is 0 Å². The quantitative estimate of drug-likeness (QED) is 0.813. The van der Waals surface area contributed by atoms with Crippen LogP contribution in [0.2, 0.25) is 0 Å². The summed E-state index contributed by atoms with van der Waals surface area (Å²) in [7, 11) is 0. The van der Waals surface area contributed by atoms with Crippen LogP contribution in [0.15, 0.2) is 24.3 Å². The van der Waals surface area contributed by atoms with E-state index in [0.29, 0.717) is 18.3 Å². The highest BCUT2D eigenvalue weighted by Gasteiger charge is 2.37. The van der Waals surface area contributed by atoms with E-state index in [4.69, 9.17) is 0 Å². The predicted octanol–water partition coefficient (Wildman–Crippen LogP) is 3.68. The third kappa shape index (κ3) is 5.34. The highest BCUT2D eigenvalue weighted by atomic mass is 16.2. The van der Waals surface area contributed by atoms with Gasteiger partial charge in [-0.15, -0.1) is 0 Å². The Kier molecular flexibility index (Phi) is 7.11. The summed E-state index contributed by atoms with van der Waals surface area (Å²) in [6.45, 7) is 9.23. The largest absolute Gasteiger partial charge is 0.340 e. The molecule has 5 nitrogen and oxygen atoms in total. The minimum Gasteiger partial charge on any atom is -0.340 e. The molecule has 1 saturated heterocycles. The summed E-state index contributed by atoms with van der Waals surface area (Å²) in [5.74, 6) is 1.16. The minimum atomic E-state index is -0.0923. The van der Waals surface area contributed by atoms with Gasteiger partial charge in [0.2, 0.25) is 11.8 Å². The maximum atomic E-state index is 13.2. The molecule has 0 spiro atoms. The van der Waals surface area contributed by atoms with Crippen molar-refractivity contribution in [2.45, 2.75) is 58.9 Å². The first-order valence-electron chi connectivity index (χ1n) is 10.8. The Labute approximate surface area is 169 Å². The molecule has 1 aromatic carbocycles. The second kappa shape index (κ2) is 9.55. The Hall–Kier alpha value is -1.88. The van der Waals surface area contributed by atoms with Crippen molar-refractivity contribution in [1.29, 1.82) is 0 Å². The number of hydrogen-bond donors (Lipinski definition) is 1. The van der Waals surface area contributed by atoms with Crippen LogP contribution in [0, 0.1) is 18.8 Å². The van der Waals surface area contributed by atoms with E-state index < -0.39 is 0 Å². The fourth-order valence-corrected chi connectivity index (χ4v) is 4.62. The van der Waals surface area contributed by atoms with Crippen molar-refractivity contribution in [2.24, 2.45) is 11.8 Å². The maximum absolute atomic E-state index is 13.2. The topological polar surface area (TPSA) is 52.7 Å². The molecule has 1 atom stereocenters. The zero-order valence-electron chi connectivity index (χ0n) is 17.6. The lowest BCUT2D eigenvalue weighted by atomic mass is 9.94. The molecular formula is C23H35N3O2. The standard InChI is InChI=1S/C23H35N3O2/c1-17(2)15-21(27)25-11-13-26(14-12-25)22(19-8-4-5-9-19)23(28)24-20-10-6-7-18(3)16-20/h6-7,10,16-17,19,22H,4-5,8-9,11-15H2,1-3H3,(H,24,28). The lowest BCUT2D eigenvalue weighted by Gasteiger charge is -2.41. The molecule has 28 heavy (non-hydrogen) atoms. The SMILES string of the molecule is Cc1cccc(NC(=O)C(C2CCCC2)N2CCN(C(=O)CC(C)C)CC2)c1. The van der Waals surface area contributed by atoms with Crippen LogP contribution in [0.3, 0.4) is 0 Å². The van der Waals surface area contributed by atoms with E-state index in [9.17, 15) is 9.59 Å². The lowest BCUT2D eigenvalue weighted by molar-refractivity contribution is -0.135. The van der Waals surface area contributed by atoms with Crippen LogP contribution in [-0.2, 0) is 9.59 Å². The monoisotopic (exact) mass is 385 g/mol. The number of nitrogens with one attached hydrogen (secondary N) is 1. The molecule has 1 aliphatic carbocycles. The average Bonchev–Trinajstić information content (AvgIpc) is 3.16. The Morgan fingerprint density at radius 2 is 1.79 bits per heavy atom. The molecule has 1 unspecified atom stereocenters. The van der Waals surface area contributed by atoms with Crippen molar-refractivity contribution < 1.29 is 9.59 Å². The third-order valence-corrected chi connectivity index (χ3v) is 6.04. The molecule has 1 heterocycles. The Morgan fingerprint density at radius 3 is 2.39 bits per heavy atom. The van der Waals surface area contributed by atoms with E-state index in [1.54, 1.807) is 0 Å². The molecule has 0 aromatic heterocycles. The van der Waals surface area contributed by atoms with Crippen molar-refractivity contribution in [1.82, 2.24) is 9.80 Å². The van der Waals surface area contributed by atoms with Crippen LogP contribution in [-0.4, -0.2) is 53.8 Å². The zero-order chi connectivity index (χ0) is 20.1. The molecule has 1 N–H and O–H groups in total. The van der Waals surface area contributed by atoms with Gasteiger partial charge in [-0.05, 0) is 49.3 Å². The number of aryl methyl sites for hydroxylation is 1. The van der Waals surface area contributed by atoms with E-state index in [1.807, 2.05) is 36.1 Å². The van der Waals surface area contributed by atoms with Crippen LogP contribution in [0.1, 0.15) is 51.5 Å². The van der Waals surface area contributed by atoms with E-state index in [2.05, 4.69) is 24.1 Å². The maximum Gasteiger partial charge on any atom is 0.242 e. The van der Waals surface area contributed by atoms with Crippen LogP contribution in [0.5, 0.6) is 0 Å². The van der Waals surface area contributed by atoms with Gasteiger partial charge in [0.15, 0.2) is 0 Å². The minimum absolute atomic E-state index is 0.0923. The van der Waals surface area contributed by atoms with Crippen molar-refractivity contribution >= 4 is 17.5 Å². The molecular weight excluding hydrogens is 350 g/mol. The van der Waals surface area contributed by atoms with Crippen molar-refractivity contribution in [2.75, 3.05) is 31.5 Å². The van der Waals surface area contributed by atoms with Gasteiger partial charge in [0.1, 0.15) is 0 Å². The van der Waals surface area contributed by atoms with Crippen LogP contribution in [0.4, 0.5) is 5.69 Å². The van der Waals surface area contributed by atoms with E-state index in [0.717, 1.165) is 50.3 Å². The summed E-state index contributed by atoms with van der Waals surface area (Å²) in [6, 6.07) is 7.91. The van der Waals surface area contributed by atoms with Gasteiger partial charge >= 0.3 is 0 Å². The lowest BCUT2D eigenvalue weighted by Crippen LogP contribution is -2.57. The fourth-order valence-electron chi connectivity index (χ4n) is 4.62.